The van der Waals surface area contributed by atoms with Gasteiger partial charge in [0.25, 0.3) is 0 Å². The maximum absolute atomic E-state index is 4.56. The third kappa shape index (κ3) is 24.7. The fourth-order valence-electron chi connectivity index (χ4n) is 0.258. The molecule has 68 valence electrons. The van der Waals surface area contributed by atoms with Gasteiger partial charge >= 0.3 is 0 Å². The Kier molecular flexibility index (Phi) is 14.8. The number of thiol groups is 3. The van der Waals surface area contributed by atoms with Crippen molar-refractivity contribution in [2.24, 2.45) is 0 Å². The molecular formula is C7H16S4. The minimum atomic E-state index is 0.287. The lowest BCUT2D eigenvalue weighted by molar-refractivity contribution is 0.876. The first-order chi connectivity index (χ1) is 5.04. The highest BCUT2D eigenvalue weighted by Crippen LogP contribution is 2.06. The molecule has 0 spiro atoms. The van der Waals surface area contributed by atoms with Gasteiger partial charge in [0.15, 0.2) is 0 Å². The monoisotopic (exact) mass is 228 g/mol. The summed E-state index contributed by atoms with van der Waals surface area (Å²) in [5, 5.41) is 0. The quantitative estimate of drug-likeness (QED) is 0.377. The maximum atomic E-state index is 4.56. The van der Waals surface area contributed by atoms with Crippen molar-refractivity contribution in [3.63, 3.8) is 0 Å². The van der Waals surface area contributed by atoms with Crippen molar-refractivity contribution in [3.05, 3.63) is 0 Å². The van der Waals surface area contributed by atoms with E-state index in [0.29, 0.717) is 0 Å². The van der Waals surface area contributed by atoms with E-state index in [9.17, 15) is 0 Å². The second kappa shape index (κ2) is 11.1. The van der Waals surface area contributed by atoms with Gasteiger partial charge in [0, 0.05) is 8.78 Å². The van der Waals surface area contributed by atoms with E-state index in [-0.39, 0.29) is 4.58 Å². The second-order valence-electron chi connectivity index (χ2n) is 2.02. The lowest BCUT2D eigenvalue weighted by Gasteiger charge is -1.94. The third-order valence-electron chi connectivity index (χ3n) is 0.849. The number of hydrogen-bond donors (Lipinski definition) is 3. The first-order valence-electron chi connectivity index (χ1n) is 3.62. The van der Waals surface area contributed by atoms with E-state index in [4.69, 9.17) is 0 Å². The van der Waals surface area contributed by atoms with Crippen molar-refractivity contribution in [1.82, 2.24) is 0 Å². The average molecular weight is 228 g/mol. The molecule has 0 aromatic rings. The molecule has 0 atom stereocenters. The summed E-state index contributed by atoms with van der Waals surface area (Å²) >= 11 is 16.5. The molecule has 0 aromatic heterocycles. The Morgan fingerprint density at radius 2 is 1.73 bits per heavy atom. The molecule has 11 heavy (non-hydrogen) atoms. The van der Waals surface area contributed by atoms with Crippen LogP contribution in [0.5, 0.6) is 0 Å². The molecule has 0 fully saturated rings. The average Bonchev–Trinajstić information content (AvgIpc) is 1.89. The molecule has 0 N–H and O–H groups in total. The van der Waals surface area contributed by atoms with Crippen molar-refractivity contribution in [2.45, 2.75) is 37.7 Å². The molecule has 0 heterocycles. The molecule has 0 aliphatic carbocycles. The van der Waals surface area contributed by atoms with Gasteiger partial charge in [0.05, 0.1) is 0 Å². The molecule has 0 rings (SSSR count). The van der Waals surface area contributed by atoms with Gasteiger partial charge in [-0.1, -0.05) is 32.5 Å². The zero-order chi connectivity index (χ0) is 9.28. The fourth-order valence-corrected chi connectivity index (χ4v) is 0.775. The number of thiocarbonyl (C=S) groups is 1. The van der Waals surface area contributed by atoms with Crippen molar-refractivity contribution in [2.75, 3.05) is 0 Å². The normalized spacial score (nSPS) is 8.91. The Hall–Kier alpha value is 1.14. The molecule has 0 aromatic carbocycles. The van der Waals surface area contributed by atoms with Gasteiger partial charge in [-0.25, -0.2) is 0 Å². The van der Waals surface area contributed by atoms with Crippen molar-refractivity contribution in [1.29, 1.82) is 0 Å². The molecule has 0 radical (unpaired) electrons. The highest BCUT2D eigenvalue weighted by Gasteiger charge is 1.87. The van der Waals surface area contributed by atoms with E-state index in [1.165, 1.54) is 6.42 Å². The maximum Gasteiger partial charge on any atom is 0.0445 e. The van der Waals surface area contributed by atoms with Crippen LogP contribution in [0.3, 0.4) is 0 Å². The van der Waals surface area contributed by atoms with Gasteiger partial charge in [0.2, 0.25) is 0 Å². The summed E-state index contributed by atoms with van der Waals surface area (Å²) in [5.74, 6) is 0. The minimum absolute atomic E-state index is 0.287. The van der Waals surface area contributed by atoms with Gasteiger partial charge in [-0.05, 0) is 12.8 Å². The highest BCUT2D eigenvalue weighted by atomic mass is 32.2. The first-order valence-corrected chi connectivity index (χ1v) is 5.51. The second-order valence-corrected chi connectivity index (χ2v) is 5.01. The number of hydrogen-bond acceptors (Lipinski definition) is 3. The summed E-state index contributed by atoms with van der Waals surface area (Å²) in [6.07, 6.45) is 3.18. The van der Waals surface area contributed by atoms with Gasteiger partial charge in [-0.2, -0.15) is 25.3 Å². The molecule has 0 saturated carbocycles. The Bertz CT molecular complexity index is 90.4. The highest BCUT2D eigenvalue weighted by molar-refractivity contribution is 8.11. The van der Waals surface area contributed by atoms with Crippen LogP contribution in [0.15, 0.2) is 0 Å². The van der Waals surface area contributed by atoms with Crippen molar-refractivity contribution in [3.8, 4) is 0 Å². The van der Waals surface area contributed by atoms with Crippen LogP contribution in [0, 0.1) is 0 Å². The molecule has 0 amide bonds. The third-order valence-corrected chi connectivity index (χ3v) is 1.97. The van der Waals surface area contributed by atoms with E-state index in [2.05, 4.69) is 57.0 Å². The molecule has 0 saturated heterocycles. The van der Waals surface area contributed by atoms with Crippen LogP contribution in [0.4, 0.5) is 0 Å². The fraction of sp³-hybridized carbons (Fsp3) is 0.857. The van der Waals surface area contributed by atoms with E-state index < -0.39 is 0 Å². The van der Waals surface area contributed by atoms with E-state index >= 15 is 0 Å². The molecule has 0 aliphatic heterocycles. The zero-order valence-corrected chi connectivity index (χ0v) is 10.4. The van der Waals surface area contributed by atoms with Crippen LogP contribution in [-0.2, 0) is 0 Å². The van der Waals surface area contributed by atoms with Crippen LogP contribution >= 0.6 is 50.1 Å². The van der Waals surface area contributed by atoms with E-state index in [0.717, 1.165) is 17.0 Å². The first kappa shape index (κ1) is 14.7. The molecule has 0 aliphatic rings. The largest absolute Gasteiger partial charge is 0.165 e. The lowest BCUT2D eigenvalue weighted by Crippen LogP contribution is -1.81. The Morgan fingerprint density at radius 1 is 1.36 bits per heavy atom. The van der Waals surface area contributed by atoms with Crippen molar-refractivity contribution < 1.29 is 0 Å². The summed E-state index contributed by atoms with van der Waals surface area (Å²) in [6.45, 7) is 4.11. The van der Waals surface area contributed by atoms with E-state index in [1.807, 2.05) is 6.92 Å². The van der Waals surface area contributed by atoms with Gasteiger partial charge < -0.3 is 0 Å². The summed E-state index contributed by atoms with van der Waals surface area (Å²) in [7, 11) is 0. The topological polar surface area (TPSA) is 0 Å². The summed E-state index contributed by atoms with van der Waals surface area (Å²) in [4.78, 5) is 0. The van der Waals surface area contributed by atoms with Gasteiger partial charge in [-0.15, -0.1) is 12.6 Å². The van der Waals surface area contributed by atoms with Crippen LogP contribution < -0.4 is 0 Å². The molecule has 0 unspecified atom stereocenters. The standard InChI is InChI=1S/C4H10S2.C3H6S2/c1-2-3-4(5)6;1-2-3(4)5/h4-6H,2-3H2,1H3;2H2,1H3,(H,4,5). The van der Waals surface area contributed by atoms with Crippen LogP contribution in [0.1, 0.15) is 33.1 Å². The summed E-state index contributed by atoms with van der Waals surface area (Å²) in [6, 6.07) is 0. The number of rotatable bonds is 3. The molecule has 0 bridgehead atoms. The van der Waals surface area contributed by atoms with Gasteiger partial charge in [0.1, 0.15) is 0 Å². The minimum Gasteiger partial charge on any atom is -0.165 e. The molecular weight excluding hydrogens is 212 g/mol. The molecule has 0 nitrogen and oxygen atoms in total. The Labute approximate surface area is 91.8 Å². The molecule has 4 heteroatoms. The smallest absolute Gasteiger partial charge is 0.0445 e. The predicted molar refractivity (Wildman–Crippen MR) is 68.5 cm³/mol. The predicted octanol–water partition coefficient (Wildman–Crippen LogP) is 3.63. The van der Waals surface area contributed by atoms with E-state index in [1.54, 1.807) is 0 Å². The van der Waals surface area contributed by atoms with Crippen LogP contribution in [0.2, 0.25) is 0 Å². The lowest BCUT2D eigenvalue weighted by atomic mass is 10.4. The zero-order valence-electron chi connectivity index (χ0n) is 6.95. The Morgan fingerprint density at radius 3 is 1.73 bits per heavy atom. The van der Waals surface area contributed by atoms with Crippen molar-refractivity contribution >= 4 is 54.3 Å². The van der Waals surface area contributed by atoms with Crippen LogP contribution in [0.25, 0.3) is 0 Å². The van der Waals surface area contributed by atoms with Gasteiger partial charge in [-0.3, -0.25) is 0 Å². The Balaban J connectivity index is 0. The summed E-state index contributed by atoms with van der Waals surface area (Å²) in [5.41, 5.74) is 0. The van der Waals surface area contributed by atoms with Crippen LogP contribution in [-0.4, -0.2) is 8.78 Å². The summed E-state index contributed by atoms with van der Waals surface area (Å²) < 4.78 is 1.07. The SMILES string of the molecule is CCC(=S)S.CCCC(S)S.